The summed E-state index contributed by atoms with van der Waals surface area (Å²) in [5.41, 5.74) is 0.644. The van der Waals surface area contributed by atoms with E-state index in [4.69, 9.17) is 9.47 Å². The van der Waals surface area contributed by atoms with Crippen LogP contribution in [0.4, 0.5) is 0 Å². The molecule has 1 heterocycles. The van der Waals surface area contributed by atoms with Crippen LogP contribution in [0.5, 0.6) is 11.5 Å². The van der Waals surface area contributed by atoms with Crippen molar-refractivity contribution in [3.05, 3.63) is 60.2 Å². The molecule has 1 atom stereocenters. The van der Waals surface area contributed by atoms with E-state index in [-0.39, 0.29) is 5.91 Å². The molecule has 0 spiro atoms. The van der Waals surface area contributed by atoms with Crippen LogP contribution in [0.2, 0.25) is 0 Å². The predicted molar refractivity (Wildman–Crippen MR) is 111 cm³/mol. The lowest BCUT2D eigenvalue weighted by Gasteiger charge is -2.35. The average molecular weight is 383 g/mol. The molecule has 0 radical (unpaired) electrons. The first-order valence-corrected chi connectivity index (χ1v) is 10.0. The standard InChI is InChI=1S/C23H30N2O3/c1-18(2)16-20(25-12-14-27-15-13-25)17-24-23(26)19-8-10-22(11-9-19)28-21-6-4-3-5-7-21/h3-11,18,20H,12-17H2,1-2H3,(H,24,26). The Morgan fingerprint density at radius 3 is 2.32 bits per heavy atom. The number of morpholine rings is 1. The van der Waals surface area contributed by atoms with Gasteiger partial charge in [0.05, 0.1) is 13.2 Å². The summed E-state index contributed by atoms with van der Waals surface area (Å²) in [6, 6.07) is 17.2. The fourth-order valence-electron chi connectivity index (χ4n) is 3.46. The van der Waals surface area contributed by atoms with Crippen LogP contribution >= 0.6 is 0 Å². The molecule has 5 nitrogen and oxygen atoms in total. The molecule has 1 saturated heterocycles. The first kappa shape index (κ1) is 20.4. The number of carbonyl (C=O) groups is 1. The Labute approximate surface area is 167 Å². The molecule has 2 aromatic carbocycles. The number of hydrogen-bond donors (Lipinski definition) is 1. The summed E-state index contributed by atoms with van der Waals surface area (Å²) < 4.78 is 11.2. The molecule has 0 saturated carbocycles. The van der Waals surface area contributed by atoms with Gasteiger partial charge < -0.3 is 14.8 Å². The van der Waals surface area contributed by atoms with Crippen LogP contribution in [0, 0.1) is 5.92 Å². The Hall–Kier alpha value is -2.37. The molecule has 0 aliphatic carbocycles. The number of amides is 1. The summed E-state index contributed by atoms with van der Waals surface area (Å²) >= 11 is 0. The van der Waals surface area contributed by atoms with Crippen molar-refractivity contribution in [3.63, 3.8) is 0 Å². The van der Waals surface area contributed by atoms with Gasteiger partial charge in [0, 0.05) is 31.2 Å². The van der Waals surface area contributed by atoms with Crippen molar-refractivity contribution in [1.82, 2.24) is 10.2 Å². The summed E-state index contributed by atoms with van der Waals surface area (Å²) in [4.78, 5) is 15.0. The van der Waals surface area contributed by atoms with Gasteiger partial charge in [0.2, 0.25) is 0 Å². The van der Waals surface area contributed by atoms with Gasteiger partial charge in [-0.15, -0.1) is 0 Å². The molecule has 1 N–H and O–H groups in total. The zero-order valence-electron chi connectivity index (χ0n) is 16.8. The van der Waals surface area contributed by atoms with E-state index in [1.54, 1.807) is 12.1 Å². The molecule has 1 fully saturated rings. The normalized spacial score (nSPS) is 16.0. The molecule has 3 rings (SSSR count). The summed E-state index contributed by atoms with van der Waals surface area (Å²) in [6.07, 6.45) is 1.06. The Balaban J connectivity index is 1.55. The summed E-state index contributed by atoms with van der Waals surface area (Å²) in [7, 11) is 0. The van der Waals surface area contributed by atoms with E-state index in [2.05, 4.69) is 24.1 Å². The van der Waals surface area contributed by atoms with Crippen LogP contribution in [0.1, 0.15) is 30.6 Å². The first-order valence-electron chi connectivity index (χ1n) is 10.0. The second-order valence-corrected chi connectivity index (χ2v) is 7.58. The van der Waals surface area contributed by atoms with Crippen LogP contribution in [0.25, 0.3) is 0 Å². The van der Waals surface area contributed by atoms with Gasteiger partial charge in [0.25, 0.3) is 5.91 Å². The highest BCUT2D eigenvalue weighted by molar-refractivity contribution is 5.94. The van der Waals surface area contributed by atoms with Gasteiger partial charge in [-0.1, -0.05) is 32.0 Å². The van der Waals surface area contributed by atoms with Gasteiger partial charge in [-0.2, -0.15) is 0 Å². The predicted octanol–water partition coefficient (Wildman–Crippen LogP) is 3.96. The quantitative estimate of drug-likeness (QED) is 0.751. The number of nitrogens with one attached hydrogen (secondary N) is 1. The Morgan fingerprint density at radius 1 is 1.04 bits per heavy atom. The molecule has 1 aliphatic rings. The van der Waals surface area contributed by atoms with E-state index in [0.29, 0.717) is 29.8 Å². The molecule has 0 bridgehead atoms. The van der Waals surface area contributed by atoms with E-state index in [1.807, 2.05) is 42.5 Å². The molecular formula is C23H30N2O3. The molecule has 5 heteroatoms. The maximum absolute atomic E-state index is 12.6. The van der Waals surface area contributed by atoms with E-state index in [9.17, 15) is 4.79 Å². The lowest BCUT2D eigenvalue weighted by atomic mass is 10.0. The number of ether oxygens (including phenoxy) is 2. The third kappa shape index (κ3) is 6.08. The van der Waals surface area contributed by atoms with Gasteiger partial charge in [-0.25, -0.2) is 0 Å². The molecule has 150 valence electrons. The van der Waals surface area contributed by atoms with Gasteiger partial charge in [0.1, 0.15) is 11.5 Å². The number of hydrogen-bond acceptors (Lipinski definition) is 4. The number of nitrogens with zero attached hydrogens (tertiary/aromatic N) is 1. The molecule has 28 heavy (non-hydrogen) atoms. The minimum atomic E-state index is -0.0479. The van der Waals surface area contributed by atoms with Crippen molar-refractivity contribution in [1.29, 1.82) is 0 Å². The number of para-hydroxylation sites is 1. The minimum absolute atomic E-state index is 0.0479. The Bertz CT molecular complexity index is 725. The Morgan fingerprint density at radius 2 is 1.68 bits per heavy atom. The Kier molecular flexibility index (Phi) is 7.46. The van der Waals surface area contributed by atoms with E-state index < -0.39 is 0 Å². The number of carbonyl (C=O) groups excluding carboxylic acids is 1. The fourth-order valence-corrected chi connectivity index (χ4v) is 3.46. The highest BCUT2D eigenvalue weighted by atomic mass is 16.5. The smallest absolute Gasteiger partial charge is 0.251 e. The third-order valence-corrected chi connectivity index (χ3v) is 4.90. The van der Waals surface area contributed by atoms with Crippen molar-refractivity contribution in [2.45, 2.75) is 26.3 Å². The van der Waals surface area contributed by atoms with Crippen molar-refractivity contribution in [2.24, 2.45) is 5.92 Å². The molecule has 1 unspecified atom stereocenters. The molecule has 1 aliphatic heterocycles. The van der Waals surface area contributed by atoms with Gasteiger partial charge in [-0.05, 0) is 48.7 Å². The zero-order valence-corrected chi connectivity index (χ0v) is 16.8. The number of benzene rings is 2. The lowest BCUT2D eigenvalue weighted by Crippen LogP contribution is -2.49. The van der Waals surface area contributed by atoms with Crippen molar-refractivity contribution in [3.8, 4) is 11.5 Å². The molecular weight excluding hydrogens is 352 g/mol. The van der Waals surface area contributed by atoms with Crippen LogP contribution < -0.4 is 10.1 Å². The van der Waals surface area contributed by atoms with Crippen LogP contribution in [-0.4, -0.2) is 49.7 Å². The highest BCUT2D eigenvalue weighted by Crippen LogP contribution is 2.21. The summed E-state index contributed by atoms with van der Waals surface area (Å²) in [6.45, 7) is 8.50. The maximum Gasteiger partial charge on any atom is 0.251 e. The largest absolute Gasteiger partial charge is 0.457 e. The van der Waals surface area contributed by atoms with E-state index >= 15 is 0 Å². The number of rotatable bonds is 8. The first-order chi connectivity index (χ1) is 13.6. The maximum atomic E-state index is 12.6. The van der Waals surface area contributed by atoms with Crippen molar-refractivity contribution in [2.75, 3.05) is 32.8 Å². The lowest BCUT2D eigenvalue weighted by molar-refractivity contribution is 0.0124. The highest BCUT2D eigenvalue weighted by Gasteiger charge is 2.22. The summed E-state index contributed by atoms with van der Waals surface area (Å²) in [5.74, 6) is 2.03. The van der Waals surface area contributed by atoms with Gasteiger partial charge in [0.15, 0.2) is 0 Å². The van der Waals surface area contributed by atoms with Gasteiger partial charge in [-0.3, -0.25) is 9.69 Å². The molecule has 0 aromatic heterocycles. The van der Waals surface area contributed by atoms with Crippen LogP contribution in [0.3, 0.4) is 0 Å². The topological polar surface area (TPSA) is 50.8 Å². The van der Waals surface area contributed by atoms with E-state index in [1.165, 1.54) is 0 Å². The van der Waals surface area contributed by atoms with Crippen molar-refractivity contribution >= 4 is 5.91 Å². The monoisotopic (exact) mass is 382 g/mol. The van der Waals surface area contributed by atoms with Crippen LogP contribution in [0.15, 0.2) is 54.6 Å². The summed E-state index contributed by atoms with van der Waals surface area (Å²) in [5, 5.41) is 3.11. The van der Waals surface area contributed by atoms with E-state index in [0.717, 1.165) is 38.5 Å². The third-order valence-electron chi connectivity index (χ3n) is 4.90. The SMILES string of the molecule is CC(C)CC(CNC(=O)c1ccc(Oc2ccccc2)cc1)N1CCOCC1. The molecule has 1 amide bonds. The fraction of sp³-hybridized carbons (Fsp3) is 0.435. The van der Waals surface area contributed by atoms with Crippen LogP contribution in [-0.2, 0) is 4.74 Å². The minimum Gasteiger partial charge on any atom is -0.457 e. The second kappa shape index (κ2) is 10.2. The van der Waals surface area contributed by atoms with Gasteiger partial charge >= 0.3 is 0 Å². The zero-order chi connectivity index (χ0) is 19.8. The molecule has 2 aromatic rings. The average Bonchev–Trinajstić information content (AvgIpc) is 2.72. The van der Waals surface area contributed by atoms with Crippen molar-refractivity contribution < 1.29 is 14.3 Å². The second-order valence-electron chi connectivity index (χ2n) is 7.58.